The van der Waals surface area contributed by atoms with Crippen molar-refractivity contribution in [2.45, 2.75) is 25.9 Å². The van der Waals surface area contributed by atoms with E-state index in [2.05, 4.69) is 5.32 Å². The number of carbonyl (C=O) groups is 2. The summed E-state index contributed by atoms with van der Waals surface area (Å²) < 4.78 is 16.2. The van der Waals surface area contributed by atoms with E-state index in [-0.39, 0.29) is 18.0 Å². The average Bonchev–Trinajstić information content (AvgIpc) is 3.24. The van der Waals surface area contributed by atoms with E-state index in [0.717, 1.165) is 23.2 Å². The summed E-state index contributed by atoms with van der Waals surface area (Å²) in [5, 5.41) is 3.50. The van der Waals surface area contributed by atoms with Gasteiger partial charge in [-0.25, -0.2) is 0 Å². The summed E-state index contributed by atoms with van der Waals surface area (Å²) in [6.07, 6.45) is 1.17. The van der Waals surface area contributed by atoms with Gasteiger partial charge in [0.2, 0.25) is 0 Å². The lowest BCUT2D eigenvalue weighted by atomic mass is 10.1. The first kappa shape index (κ1) is 28.0. The molecule has 4 rings (SSSR count). The summed E-state index contributed by atoms with van der Waals surface area (Å²) in [5.41, 5.74) is 4.17. The molecular weight excluding hydrogens is 494 g/mol. The molecule has 0 aromatic heterocycles. The fourth-order valence-corrected chi connectivity index (χ4v) is 4.76. The van der Waals surface area contributed by atoms with Gasteiger partial charge in [-0.15, -0.1) is 0 Å². The second-order valence-electron chi connectivity index (χ2n) is 9.43. The smallest absolute Gasteiger partial charge is 0.256 e. The van der Waals surface area contributed by atoms with Crippen molar-refractivity contribution < 1.29 is 23.8 Å². The highest BCUT2D eigenvalue weighted by molar-refractivity contribution is 5.99. The number of methoxy groups -OCH3 is 2. The van der Waals surface area contributed by atoms with Crippen molar-refractivity contribution in [3.63, 3.8) is 0 Å². The summed E-state index contributed by atoms with van der Waals surface area (Å²) in [6, 6.07) is 20.9. The largest absolute Gasteiger partial charge is 0.493 e. The lowest BCUT2D eigenvalue weighted by molar-refractivity contribution is 0.0708. The third-order valence-corrected chi connectivity index (χ3v) is 6.92. The Hall–Kier alpha value is -4.04. The van der Waals surface area contributed by atoms with Crippen LogP contribution >= 0.6 is 0 Å². The highest BCUT2D eigenvalue weighted by atomic mass is 16.5. The van der Waals surface area contributed by atoms with Crippen molar-refractivity contribution in [2.24, 2.45) is 0 Å². The maximum Gasteiger partial charge on any atom is 0.256 e. The predicted octanol–water partition coefficient (Wildman–Crippen LogP) is 5.01. The van der Waals surface area contributed by atoms with Gasteiger partial charge >= 0.3 is 0 Å². The first-order chi connectivity index (χ1) is 19.0. The molecule has 1 aliphatic heterocycles. The van der Waals surface area contributed by atoms with Gasteiger partial charge in [-0.05, 0) is 67.8 Å². The first-order valence-electron chi connectivity index (χ1n) is 13.3. The van der Waals surface area contributed by atoms with Gasteiger partial charge in [0.1, 0.15) is 6.17 Å². The second kappa shape index (κ2) is 13.2. The quantitative estimate of drug-likeness (QED) is 0.312. The third kappa shape index (κ3) is 6.52. The standard InChI is InChI=1S/C31H37N3O5/c1-5-39-20-8-18-34-29(25-9-6-7-10-26(25)31(34)36)32-24-14-12-23(13-15-24)30(35)33(2)19-17-22-11-16-27(37-3)28(21-22)38-4/h6-7,9-16,21,29,32H,5,8,17-20H2,1-4H3. The minimum absolute atomic E-state index is 0.0162. The average molecular weight is 532 g/mol. The number of benzene rings is 3. The van der Waals surface area contributed by atoms with Crippen molar-refractivity contribution in [1.29, 1.82) is 0 Å². The molecule has 1 unspecified atom stereocenters. The van der Waals surface area contributed by atoms with Crippen molar-refractivity contribution >= 4 is 17.5 Å². The Labute approximate surface area is 230 Å². The number of nitrogens with zero attached hydrogens (tertiary/aromatic N) is 2. The van der Waals surface area contributed by atoms with Gasteiger partial charge in [-0.2, -0.15) is 0 Å². The van der Waals surface area contributed by atoms with Crippen LogP contribution in [-0.4, -0.2) is 69.2 Å². The highest BCUT2D eigenvalue weighted by Gasteiger charge is 2.36. The van der Waals surface area contributed by atoms with Gasteiger partial charge in [0, 0.05) is 55.7 Å². The molecule has 39 heavy (non-hydrogen) atoms. The lowest BCUT2D eigenvalue weighted by Gasteiger charge is -2.27. The summed E-state index contributed by atoms with van der Waals surface area (Å²) in [4.78, 5) is 29.7. The second-order valence-corrected chi connectivity index (χ2v) is 9.43. The Bertz CT molecular complexity index is 1280. The van der Waals surface area contributed by atoms with Crippen LogP contribution in [0.15, 0.2) is 66.7 Å². The minimum Gasteiger partial charge on any atom is -0.493 e. The first-order valence-corrected chi connectivity index (χ1v) is 13.3. The number of hydrogen-bond donors (Lipinski definition) is 1. The van der Waals surface area contributed by atoms with Gasteiger partial charge in [0.15, 0.2) is 11.5 Å². The number of rotatable bonds is 13. The van der Waals surface area contributed by atoms with Crippen LogP contribution in [0.3, 0.4) is 0 Å². The number of ether oxygens (including phenoxy) is 3. The molecule has 206 valence electrons. The summed E-state index contributed by atoms with van der Waals surface area (Å²) in [7, 11) is 5.02. The molecule has 0 radical (unpaired) electrons. The monoisotopic (exact) mass is 531 g/mol. The van der Waals surface area contributed by atoms with E-state index in [1.807, 2.05) is 78.6 Å². The van der Waals surface area contributed by atoms with Crippen molar-refractivity contribution in [3.05, 3.63) is 89.0 Å². The Balaban J connectivity index is 1.39. The molecule has 1 N–H and O–H groups in total. The topological polar surface area (TPSA) is 80.3 Å². The molecule has 2 amide bonds. The predicted molar refractivity (Wildman–Crippen MR) is 152 cm³/mol. The van der Waals surface area contributed by atoms with Crippen LogP contribution < -0.4 is 14.8 Å². The number of amides is 2. The molecule has 3 aromatic carbocycles. The minimum atomic E-state index is -0.277. The Kier molecular flexibility index (Phi) is 9.44. The molecular formula is C31H37N3O5. The maximum absolute atomic E-state index is 13.1. The number of carbonyl (C=O) groups excluding carboxylic acids is 2. The van der Waals surface area contributed by atoms with Crippen LogP contribution in [0.25, 0.3) is 0 Å². The van der Waals surface area contributed by atoms with Gasteiger partial charge in [-0.1, -0.05) is 24.3 Å². The maximum atomic E-state index is 13.1. The zero-order chi connectivity index (χ0) is 27.8. The Morgan fingerprint density at radius 2 is 1.74 bits per heavy atom. The number of fused-ring (bicyclic) bond motifs is 1. The molecule has 8 nitrogen and oxygen atoms in total. The molecule has 1 atom stereocenters. The van der Waals surface area contributed by atoms with E-state index in [1.165, 1.54) is 0 Å². The fourth-order valence-electron chi connectivity index (χ4n) is 4.76. The molecule has 0 aliphatic carbocycles. The molecule has 1 aliphatic rings. The van der Waals surface area contributed by atoms with Crippen LogP contribution in [0.4, 0.5) is 5.69 Å². The number of anilines is 1. The van der Waals surface area contributed by atoms with Crippen molar-refractivity contribution in [1.82, 2.24) is 9.80 Å². The third-order valence-electron chi connectivity index (χ3n) is 6.92. The molecule has 0 saturated heterocycles. The van der Waals surface area contributed by atoms with Crippen LogP contribution in [0.2, 0.25) is 0 Å². The van der Waals surface area contributed by atoms with Crippen LogP contribution in [-0.2, 0) is 11.2 Å². The van der Waals surface area contributed by atoms with E-state index >= 15 is 0 Å². The fraction of sp³-hybridized carbons (Fsp3) is 0.355. The molecule has 3 aromatic rings. The van der Waals surface area contributed by atoms with Crippen LogP contribution in [0, 0.1) is 0 Å². The zero-order valence-electron chi connectivity index (χ0n) is 23.1. The van der Waals surface area contributed by atoms with E-state index in [9.17, 15) is 9.59 Å². The molecule has 0 saturated carbocycles. The van der Waals surface area contributed by atoms with Crippen LogP contribution in [0.5, 0.6) is 11.5 Å². The number of hydrogen-bond acceptors (Lipinski definition) is 6. The summed E-state index contributed by atoms with van der Waals surface area (Å²) in [6.45, 7) is 4.39. The molecule has 0 bridgehead atoms. The Morgan fingerprint density at radius 3 is 2.46 bits per heavy atom. The van der Waals surface area contributed by atoms with Crippen LogP contribution in [0.1, 0.15) is 51.4 Å². The van der Waals surface area contributed by atoms with Gasteiger partial charge < -0.3 is 29.3 Å². The normalized spacial score (nSPS) is 14.2. The van der Waals surface area contributed by atoms with Crippen molar-refractivity contribution in [3.8, 4) is 11.5 Å². The molecule has 1 heterocycles. The SMILES string of the molecule is CCOCCCN1C(=O)c2ccccc2C1Nc1ccc(C(=O)N(C)CCc2ccc(OC)c(OC)c2)cc1. The number of nitrogens with one attached hydrogen (secondary N) is 1. The Morgan fingerprint density at radius 1 is 1.00 bits per heavy atom. The molecule has 0 fully saturated rings. The van der Waals surface area contributed by atoms with E-state index in [4.69, 9.17) is 14.2 Å². The highest BCUT2D eigenvalue weighted by Crippen LogP contribution is 2.34. The molecule has 0 spiro atoms. The summed E-state index contributed by atoms with van der Waals surface area (Å²) >= 11 is 0. The van der Waals surface area contributed by atoms with E-state index in [0.29, 0.717) is 55.4 Å². The van der Waals surface area contributed by atoms with Gasteiger partial charge in [0.05, 0.1) is 14.2 Å². The van der Waals surface area contributed by atoms with Gasteiger partial charge in [-0.3, -0.25) is 9.59 Å². The lowest BCUT2D eigenvalue weighted by Crippen LogP contribution is -2.33. The number of likely N-dealkylation sites (N-methyl/N-ethyl adjacent to an activating group) is 1. The van der Waals surface area contributed by atoms with E-state index in [1.54, 1.807) is 26.2 Å². The van der Waals surface area contributed by atoms with Gasteiger partial charge in [0.25, 0.3) is 11.8 Å². The molecule has 8 heteroatoms. The zero-order valence-corrected chi connectivity index (χ0v) is 23.1. The van der Waals surface area contributed by atoms with Crippen molar-refractivity contribution in [2.75, 3.05) is 52.9 Å². The van der Waals surface area contributed by atoms with E-state index < -0.39 is 0 Å². The summed E-state index contributed by atoms with van der Waals surface area (Å²) in [5.74, 6) is 1.31.